The molecule has 1 N–H and O–H groups in total. The second-order valence-corrected chi connectivity index (χ2v) is 4.96. The first-order valence-electron chi connectivity index (χ1n) is 5.42. The molecule has 94 valence electrons. The summed E-state index contributed by atoms with van der Waals surface area (Å²) in [6.07, 6.45) is 0.552. The number of halogens is 3. The SMILES string of the molecule is C=C(Cc1cc(Br)cc(C(C)(F)F)c1)NCC. The Labute approximate surface area is 109 Å². The van der Waals surface area contributed by atoms with Gasteiger partial charge < -0.3 is 5.32 Å². The van der Waals surface area contributed by atoms with Crippen LogP contribution in [0.5, 0.6) is 0 Å². The van der Waals surface area contributed by atoms with Gasteiger partial charge in [0.05, 0.1) is 0 Å². The molecule has 0 bridgehead atoms. The van der Waals surface area contributed by atoms with E-state index in [1.807, 2.05) is 13.0 Å². The zero-order chi connectivity index (χ0) is 13.1. The zero-order valence-electron chi connectivity index (χ0n) is 9.99. The Morgan fingerprint density at radius 2 is 2.06 bits per heavy atom. The van der Waals surface area contributed by atoms with Gasteiger partial charge in [0.2, 0.25) is 0 Å². The molecule has 0 radical (unpaired) electrons. The fourth-order valence-corrected chi connectivity index (χ4v) is 2.11. The maximum atomic E-state index is 13.2. The van der Waals surface area contributed by atoms with E-state index in [1.54, 1.807) is 0 Å². The van der Waals surface area contributed by atoms with Gasteiger partial charge in [-0.15, -0.1) is 0 Å². The van der Waals surface area contributed by atoms with Crippen molar-refractivity contribution in [3.05, 3.63) is 46.1 Å². The number of likely N-dealkylation sites (N-methyl/N-ethyl adjacent to an activating group) is 1. The van der Waals surface area contributed by atoms with Crippen molar-refractivity contribution in [2.75, 3.05) is 6.54 Å². The fourth-order valence-electron chi connectivity index (χ4n) is 1.56. The van der Waals surface area contributed by atoms with Crippen molar-refractivity contribution < 1.29 is 8.78 Å². The summed E-state index contributed by atoms with van der Waals surface area (Å²) in [6, 6.07) is 4.80. The predicted octanol–water partition coefficient (Wildman–Crippen LogP) is 4.23. The molecule has 17 heavy (non-hydrogen) atoms. The summed E-state index contributed by atoms with van der Waals surface area (Å²) in [4.78, 5) is 0. The van der Waals surface area contributed by atoms with Crippen LogP contribution < -0.4 is 5.32 Å². The van der Waals surface area contributed by atoms with Crippen LogP contribution in [0.1, 0.15) is 25.0 Å². The van der Waals surface area contributed by atoms with Crippen LogP contribution in [0.4, 0.5) is 8.78 Å². The zero-order valence-corrected chi connectivity index (χ0v) is 11.6. The standard InChI is InChI=1S/C13H16BrF2N/c1-4-17-9(2)5-10-6-11(13(3,15)16)8-12(14)7-10/h6-8,17H,2,4-5H2,1,3H3. The van der Waals surface area contributed by atoms with Gasteiger partial charge in [-0.25, -0.2) is 8.78 Å². The minimum Gasteiger partial charge on any atom is -0.389 e. The van der Waals surface area contributed by atoms with Gasteiger partial charge in [0.15, 0.2) is 0 Å². The summed E-state index contributed by atoms with van der Waals surface area (Å²) in [6.45, 7) is 7.50. The molecule has 0 aliphatic carbocycles. The van der Waals surface area contributed by atoms with Gasteiger partial charge in [-0.2, -0.15) is 0 Å². The fraction of sp³-hybridized carbons (Fsp3) is 0.385. The first-order valence-corrected chi connectivity index (χ1v) is 6.21. The molecule has 0 unspecified atom stereocenters. The molecule has 0 heterocycles. The van der Waals surface area contributed by atoms with Crippen LogP contribution >= 0.6 is 15.9 Å². The molecule has 0 atom stereocenters. The normalized spacial score (nSPS) is 11.4. The van der Waals surface area contributed by atoms with E-state index in [-0.39, 0.29) is 5.56 Å². The van der Waals surface area contributed by atoms with E-state index < -0.39 is 5.92 Å². The maximum Gasteiger partial charge on any atom is 0.270 e. The highest BCUT2D eigenvalue weighted by Gasteiger charge is 2.24. The first-order chi connectivity index (χ1) is 7.82. The molecule has 1 aromatic rings. The number of benzene rings is 1. The molecule has 1 aromatic carbocycles. The van der Waals surface area contributed by atoms with E-state index in [4.69, 9.17) is 0 Å². The van der Waals surface area contributed by atoms with Crippen LogP contribution in [-0.2, 0) is 12.3 Å². The molecule has 0 aliphatic rings. The second-order valence-electron chi connectivity index (χ2n) is 4.05. The third-order valence-corrected chi connectivity index (χ3v) is 2.77. The molecule has 0 spiro atoms. The Morgan fingerprint density at radius 1 is 1.41 bits per heavy atom. The van der Waals surface area contributed by atoms with Crippen molar-refractivity contribution in [3.8, 4) is 0 Å². The molecule has 0 fully saturated rings. The minimum absolute atomic E-state index is 0.0196. The number of allylic oxidation sites excluding steroid dienone is 1. The number of rotatable bonds is 5. The van der Waals surface area contributed by atoms with Crippen molar-refractivity contribution in [3.63, 3.8) is 0 Å². The maximum absolute atomic E-state index is 13.2. The first kappa shape index (κ1) is 14.2. The predicted molar refractivity (Wildman–Crippen MR) is 70.2 cm³/mol. The molecule has 0 saturated carbocycles. The molecule has 0 aliphatic heterocycles. The number of hydrogen-bond donors (Lipinski definition) is 1. The second kappa shape index (κ2) is 5.63. The van der Waals surface area contributed by atoms with Crippen molar-refractivity contribution in [1.82, 2.24) is 5.32 Å². The number of alkyl halides is 2. The highest BCUT2D eigenvalue weighted by Crippen LogP contribution is 2.30. The van der Waals surface area contributed by atoms with E-state index in [0.29, 0.717) is 10.9 Å². The summed E-state index contributed by atoms with van der Waals surface area (Å²) in [5.41, 5.74) is 1.67. The lowest BCUT2D eigenvalue weighted by Crippen LogP contribution is -2.13. The van der Waals surface area contributed by atoms with Crippen molar-refractivity contribution in [1.29, 1.82) is 0 Å². The molecule has 1 rings (SSSR count). The third-order valence-electron chi connectivity index (χ3n) is 2.31. The summed E-state index contributed by atoms with van der Waals surface area (Å²) in [5, 5.41) is 3.07. The molecule has 4 heteroatoms. The average Bonchev–Trinajstić information content (AvgIpc) is 2.15. The highest BCUT2D eigenvalue weighted by molar-refractivity contribution is 9.10. The molecular weight excluding hydrogens is 288 g/mol. The lowest BCUT2D eigenvalue weighted by atomic mass is 10.0. The average molecular weight is 304 g/mol. The van der Waals surface area contributed by atoms with E-state index in [0.717, 1.165) is 24.7 Å². The lowest BCUT2D eigenvalue weighted by molar-refractivity contribution is 0.0173. The van der Waals surface area contributed by atoms with Crippen LogP contribution in [0.2, 0.25) is 0 Å². The van der Waals surface area contributed by atoms with Gasteiger partial charge in [0, 0.05) is 35.6 Å². The molecule has 1 nitrogen and oxygen atoms in total. The summed E-state index contributed by atoms with van der Waals surface area (Å²) in [7, 11) is 0. The topological polar surface area (TPSA) is 12.0 Å². The Hall–Kier alpha value is -0.900. The van der Waals surface area contributed by atoms with Gasteiger partial charge in [0.25, 0.3) is 5.92 Å². The third kappa shape index (κ3) is 4.46. The Kier molecular flexibility index (Phi) is 4.69. The quantitative estimate of drug-likeness (QED) is 0.858. The van der Waals surface area contributed by atoms with Crippen molar-refractivity contribution in [2.45, 2.75) is 26.2 Å². The van der Waals surface area contributed by atoms with E-state index in [9.17, 15) is 8.78 Å². The van der Waals surface area contributed by atoms with Gasteiger partial charge in [-0.3, -0.25) is 0 Å². The lowest BCUT2D eigenvalue weighted by Gasteiger charge is -2.14. The van der Waals surface area contributed by atoms with E-state index >= 15 is 0 Å². The van der Waals surface area contributed by atoms with Crippen LogP contribution in [0, 0.1) is 0 Å². The minimum atomic E-state index is -2.82. The summed E-state index contributed by atoms with van der Waals surface area (Å²) in [5.74, 6) is -2.82. The van der Waals surface area contributed by atoms with Gasteiger partial charge >= 0.3 is 0 Å². The summed E-state index contributed by atoms with van der Waals surface area (Å²) >= 11 is 3.25. The van der Waals surface area contributed by atoms with Gasteiger partial charge in [-0.1, -0.05) is 22.5 Å². The Bertz CT molecular complexity index is 410. The number of hydrogen-bond acceptors (Lipinski definition) is 1. The molecule has 0 saturated heterocycles. The van der Waals surface area contributed by atoms with Crippen molar-refractivity contribution in [2.24, 2.45) is 0 Å². The molecular formula is C13H16BrF2N. The summed E-state index contributed by atoms with van der Waals surface area (Å²) < 4.78 is 27.1. The Balaban J connectivity index is 2.94. The van der Waals surface area contributed by atoms with Crippen LogP contribution in [0.25, 0.3) is 0 Å². The smallest absolute Gasteiger partial charge is 0.270 e. The Morgan fingerprint density at radius 3 is 2.59 bits per heavy atom. The van der Waals surface area contributed by atoms with Crippen LogP contribution in [0.15, 0.2) is 34.9 Å². The highest BCUT2D eigenvalue weighted by atomic mass is 79.9. The van der Waals surface area contributed by atoms with E-state index in [2.05, 4.69) is 27.8 Å². The van der Waals surface area contributed by atoms with E-state index in [1.165, 1.54) is 12.1 Å². The molecule has 0 amide bonds. The number of nitrogens with one attached hydrogen (secondary N) is 1. The van der Waals surface area contributed by atoms with Crippen molar-refractivity contribution >= 4 is 15.9 Å². The van der Waals surface area contributed by atoms with Gasteiger partial charge in [-0.05, 0) is 30.7 Å². The van der Waals surface area contributed by atoms with Gasteiger partial charge in [0.1, 0.15) is 0 Å². The monoisotopic (exact) mass is 303 g/mol. The van der Waals surface area contributed by atoms with Crippen LogP contribution in [0.3, 0.4) is 0 Å². The molecule has 0 aromatic heterocycles. The van der Waals surface area contributed by atoms with Crippen LogP contribution in [-0.4, -0.2) is 6.54 Å². The largest absolute Gasteiger partial charge is 0.389 e.